The molecule has 0 aromatic rings. The quantitative estimate of drug-likeness (QED) is 0.719. The number of hydrogen-bond donors (Lipinski definition) is 1. The van der Waals surface area contributed by atoms with Crippen LogP contribution >= 0.6 is 0 Å². The largest absolute Gasteiger partial charge is 0.355 e. The van der Waals surface area contributed by atoms with Gasteiger partial charge in [0, 0.05) is 45.7 Å². The van der Waals surface area contributed by atoms with Crippen molar-refractivity contribution in [2.45, 2.75) is 26.2 Å². The maximum atomic E-state index is 11.4. The molecular formula is C12H25N3O. The zero-order valence-electron chi connectivity index (χ0n) is 10.7. The summed E-state index contributed by atoms with van der Waals surface area (Å²) in [6.07, 6.45) is 2.77. The Balaban J connectivity index is 2.00. The van der Waals surface area contributed by atoms with Crippen LogP contribution in [0, 0.1) is 0 Å². The van der Waals surface area contributed by atoms with Gasteiger partial charge in [-0.2, -0.15) is 0 Å². The van der Waals surface area contributed by atoms with Gasteiger partial charge in [0.1, 0.15) is 0 Å². The van der Waals surface area contributed by atoms with Gasteiger partial charge in [-0.25, -0.2) is 0 Å². The Morgan fingerprint density at radius 1 is 1.25 bits per heavy atom. The number of nitrogens with zero attached hydrogens (tertiary/aromatic N) is 2. The molecule has 1 heterocycles. The molecule has 0 bridgehead atoms. The van der Waals surface area contributed by atoms with E-state index in [2.05, 4.69) is 29.1 Å². The van der Waals surface area contributed by atoms with Crippen LogP contribution in [0.1, 0.15) is 26.2 Å². The van der Waals surface area contributed by atoms with Gasteiger partial charge in [-0.15, -0.1) is 0 Å². The van der Waals surface area contributed by atoms with E-state index >= 15 is 0 Å². The van der Waals surface area contributed by atoms with Crippen LogP contribution < -0.4 is 5.32 Å². The van der Waals surface area contributed by atoms with E-state index in [0.29, 0.717) is 6.42 Å². The lowest BCUT2D eigenvalue weighted by Gasteiger charge is -2.32. The van der Waals surface area contributed by atoms with E-state index in [4.69, 9.17) is 0 Å². The molecule has 4 nitrogen and oxygen atoms in total. The first-order chi connectivity index (χ1) is 7.72. The number of carbonyl (C=O) groups is 1. The predicted octanol–water partition coefficient (Wildman–Crippen LogP) is 0.540. The molecule has 0 spiro atoms. The molecule has 1 N–H and O–H groups in total. The third-order valence-electron chi connectivity index (χ3n) is 3.10. The molecule has 1 saturated heterocycles. The molecule has 4 heteroatoms. The molecule has 1 fully saturated rings. The Kier molecular flexibility index (Phi) is 6.42. The first kappa shape index (κ1) is 13.5. The Bertz CT molecular complexity index is 200. The fourth-order valence-electron chi connectivity index (χ4n) is 1.85. The van der Waals surface area contributed by atoms with E-state index in [1.807, 2.05) is 0 Å². The third-order valence-corrected chi connectivity index (χ3v) is 3.10. The Hall–Kier alpha value is -0.610. The van der Waals surface area contributed by atoms with Gasteiger partial charge in [-0.3, -0.25) is 9.69 Å². The molecule has 0 unspecified atom stereocenters. The summed E-state index contributed by atoms with van der Waals surface area (Å²) in [7, 11) is 2.16. The van der Waals surface area contributed by atoms with Crippen molar-refractivity contribution in [2.75, 3.05) is 46.3 Å². The second kappa shape index (κ2) is 7.63. The van der Waals surface area contributed by atoms with Gasteiger partial charge in [0.2, 0.25) is 5.91 Å². The highest BCUT2D eigenvalue weighted by atomic mass is 16.1. The van der Waals surface area contributed by atoms with Crippen LogP contribution in [0.3, 0.4) is 0 Å². The summed E-state index contributed by atoms with van der Waals surface area (Å²) in [5.74, 6) is 0.205. The minimum atomic E-state index is 0.205. The average molecular weight is 227 g/mol. The number of piperazine rings is 1. The fourth-order valence-corrected chi connectivity index (χ4v) is 1.85. The summed E-state index contributed by atoms with van der Waals surface area (Å²) >= 11 is 0. The number of likely N-dealkylation sites (N-methyl/N-ethyl adjacent to an activating group) is 1. The summed E-state index contributed by atoms with van der Waals surface area (Å²) in [5.41, 5.74) is 0. The van der Waals surface area contributed by atoms with Crippen molar-refractivity contribution in [3.05, 3.63) is 0 Å². The van der Waals surface area contributed by atoms with Gasteiger partial charge >= 0.3 is 0 Å². The molecule has 1 amide bonds. The van der Waals surface area contributed by atoms with Crippen LogP contribution in [-0.2, 0) is 4.79 Å². The van der Waals surface area contributed by atoms with Gasteiger partial charge in [0.05, 0.1) is 0 Å². The van der Waals surface area contributed by atoms with Crippen LogP contribution in [0.4, 0.5) is 0 Å². The van der Waals surface area contributed by atoms with Crippen LogP contribution in [-0.4, -0.2) is 62.0 Å². The molecular weight excluding hydrogens is 202 g/mol. The average Bonchev–Trinajstić information content (AvgIpc) is 2.29. The molecule has 0 aliphatic carbocycles. The zero-order valence-corrected chi connectivity index (χ0v) is 10.7. The number of amides is 1. The molecule has 16 heavy (non-hydrogen) atoms. The molecule has 0 radical (unpaired) electrons. The highest BCUT2D eigenvalue weighted by Gasteiger charge is 2.12. The molecule has 0 aromatic heterocycles. The van der Waals surface area contributed by atoms with Crippen molar-refractivity contribution in [2.24, 2.45) is 0 Å². The number of unbranched alkanes of at least 4 members (excludes halogenated alkanes) is 1. The smallest absolute Gasteiger partial charge is 0.220 e. The second-order valence-corrected chi connectivity index (χ2v) is 4.60. The van der Waals surface area contributed by atoms with Gasteiger partial charge in [0.15, 0.2) is 0 Å². The molecule has 0 atom stereocenters. The first-order valence-corrected chi connectivity index (χ1v) is 6.40. The van der Waals surface area contributed by atoms with Crippen molar-refractivity contribution in [1.82, 2.24) is 15.1 Å². The van der Waals surface area contributed by atoms with E-state index < -0.39 is 0 Å². The molecule has 94 valence electrons. The summed E-state index contributed by atoms with van der Waals surface area (Å²) < 4.78 is 0. The highest BCUT2D eigenvalue weighted by molar-refractivity contribution is 5.75. The fraction of sp³-hybridized carbons (Fsp3) is 0.917. The minimum Gasteiger partial charge on any atom is -0.355 e. The Morgan fingerprint density at radius 2 is 1.94 bits per heavy atom. The van der Waals surface area contributed by atoms with Gasteiger partial charge in [-0.1, -0.05) is 13.3 Å². The number of rotatable bonds is 6. The number of carbonyl (C=O) groups excluding carboxylic acids is 1. The van der Waals surface area contributed by atoms with Crippen LogP contribution in [0.15, 0.2) is 0 Å². The Morgan fingerprint density at radius 3 is 2.56 bits per heavy atom. The SMILES string of the molecule is CCCCC(=O)NCCN1CCN(C)CC1. The maximum Gasteiger partial charge on any atom is 0.220 e. The molecule has 1 aliphatic heterocycles. The third kappa shape index (κ3) is 5.47. The minimum absolute atomic E-state index is 0.205. The molecule has 1 rings (SSSR count). The monoisotopic (exact) mass is 227 g/mol. The van der Waals surface area contributed by atoms with Crippen LogP contribution in [0.25, 0.3) is 0 Å². The van der Waals surface area contributed by atoms with Crippen molar-refractivity contribution in [3.8, 4) is 0 Å². The van der Waals surface area contributed by atoms with Crippen LogP contribution in [0.5, 0.6) is 0 Å². The lowest BCUT2D eigenvalue weighted by Crippen LogP contribution is -2.46. The molecule has 1 aliphatic rings. The summed E-state index contributed by atoms with van der Waals surface area (Å²) in [6, 6.07) is 0. The highest BCUT2D eigenvalue weighted by Crippen LogP contribution is 1.98. The van der Waals surface area contributed by atoms with Gasteiger partial charge < -0.3 is 10.2 Å². The summed E-state index contributed by atoms with van der Waals surface area (Å²) in [5, 5.41) is 2.98. The van der Waals surface area contributed by atoms with Crippen molar-refractivity contribution in [1.29, 1.82) is 0 Å². The molecule has 0 aromatic carbocycles. The second-order valence-electron chi connectivity index (χ2n) is 4.60. The van der Waals surface area contributed by atoms with E-state index in [1.165, 1.54) is 0 Å². The van der Waals surface area contributed by atoms with E-state index in [9.17, 15) is 4.79 Å². The number of nitrogens with one attached hydrogen (secondary N) is 1. The lowest BCUT2D eigenvalue weighted by molar-refractivity contribution is -0.121. The van der Waals surface area contributed by atoms with Gasteiger partial charge in [-0.05, 0) is 13.5 Å². The van der Waals surface area contributed by atoms with Gasteiger partial charge in [0.25, 0.3) is 0 Å². The van der Waals surface area contributed by atoms with Crippen molar-refractivity contribution < 1.29 is 4.79 Å². The summed E-state index contributed by atoms with van der Waals surface area (Å²) in [6.45, 7) is 8.44. The van der Waals surface area contributed by atoms with E-state index in [1.54, 1.807) is 0 Å². The van der Waals surface area contributed by atoms with E-state index in [-0.39, 0.29) is 5.91 Å². The van der Waals surface area contributed by atoms with Crippen LogP contribution in [0.2, 0.25) is 0 Å². The number of hydrogen-bond acceptors (Lipinski definition) is 3. The maximum absolute atomic E-state index is 11.4. The van der Waals surface area contributed by atoms with E-state index in [0.717, 1.165) is 52.1 Å². The first-order valence-electron chi connectivity index (χ1n) is 6.40. The lowest BCUT2D eigenvalue weighted by atomic mass is 10.2. The predicted molar refractivity (Wildman–Crippen MR) is 66.5 cm³/mol. The summed E-state index contributed by atoms with van der Waals surface area (Å²) in [4.78, 5) is 16.1. The Labute approximate surface area is 99.0 Å². The topological polar surface area (TPSA) is 35.6 Å². The zero-order chi connectivity index (χ0) is 11.8. The van der Waals surface area contributed by atoms with Crippen molar-refractivity contribution in [3.63, 3.8) is 0 Å². The normalized spacial score (nSPS) is 18.6. The van der Waals surface area contributed by atoms with Crippen molar-refractivity contribution >= 4 is 5.91 Å². The molecule has 0 saturated carbocycles. The standard InChI is InChI=1S/C12H25N3O/c1-3-4-5-12(16)13-6-7-15-10-8-14(2)9-11-15/h3-11H2,1-2H3,(H,13,16).